The molecule has 1 aromatic carbocycles. The average molecular weight is 279 g/mol. The lowest BCUT2D eigenvalue weighted by molar-refractivity contribution is 0.580. The number of nitrogens with zero attached hydrogens (tertiary/aromatic N) is 1. The summed E-state index contributed by atoms with van der Waals surface area (Å²) in [5.74, 6) is 0.111. The maximum atomic E-state index is 11.8. The Labute approximate surface area is 113 Å². The number of aryl methyl sites for hydroxylation is 1. The predicted octanol–water partition coefficient (Wildman–Crippen LogP) is 1.11. The average Bonchev–Trinajstić information content (AvgIpc) is 2.91. The quantitative estimate of drug-likeness (QED) is 0.797. The van der Waals surface area contributed by atoms with E-state index in [-0.39, 0.29) is 5.75 Å². The van der Waals surface area contributed by atoms with Crippen molar-refractivity contribution >= 4 is 10.0 Å². The minimum Gasteiger partial charge on any atom is -0.348 e. The van der Waals surface area contributed by atoms with Crippen molar-refractivity contribution in [1.82, 2.24) is 14.7 Å². The first-order valence-electron chi connectivity index (χ1n) is 6.14. The van der Waals surface area contributed by atoms with E-state index < -0.39 is 10.0 Å². The standard InChI is InChI=1S/C13H17N3O2S/c17-19(18,9-7-12-4-2-1-3-5-12)16-8-6-13-10-14-11-15-13/h1-5,10-11,16H,6-9H2,(H,14,15). The summed E-state index contributed by atoms with van der Waals surface area (Å²) < 4.78 is 26.2. The minimum atomic E-state index is -3.22. The van der Waals surface area contributed by atoms with Crippen molar-refractivity contribution < 1.29 is 8.42 Å². The lowest BCUT2D eigenvalue weighted by Gasteiger charge is -2.06. The molecule has 5 nitrogen and oxygen atoms in total. The smallest absolute Gasteiger partial charge is 0.211 e. The molecule has 19 heavy (non-hydrogen) atoms. The number of nitrogens with one attached hydrogen (secondary N) is 2. The largest absolute Gasteiger partial charge is 0.348 e. The molecule has 0 saturated heterocycles. The second-order valence-electron chi connectivity index (χ2n) is 4.28. The topological polar surface area (TPSA) is 74.8 Å². The molecule has 0 amide bonds. The van der Waals surface area contributed by atoms with Crippen LogP contribution in [-0.2, 0) is 22.9 Å². The molecule has 2 N–H and O–H groups in total. The highest BCUT2D eigenvalue weighted by molar-refractivity contribution is 7.89. The highest BCUT2D eigenvalue weighted by Gasteiger charge is 2.09. The van der Waals surface area contributed by atoms with Crippen molar-refractivity contribution in [2.75, 3.05) is 12.3 Å². The fourth-order valence-electron chi connectivity index (χ4n) is 1.73. The Bertz CT molecular complexity index is 580. The van der Waals surface area contributed by atoms with Gasteiger partial charge in [-0.1, -0.05) is 30.3 Å². The molecule has 6 heteroatoms. The van der Waals surface area contributed by atoms with Crippen LogP contribution >= 0.6 is 0 Å². The van der Waals surface area contributed by atoms with Gasteiger partial charge in [0.2, 0.25) is 10.0 Å². The monoisotopic (exact) mass is 279 g/mol. The van der Waals surface area contributed by atoms with Crippen LogP contribution in [0.1, 0.15) is 11.3 Å². The summed E-state index contributed by atoms with van der Waals surface area (Å²) in [6, 6.07) is 9.60. The third-order valence-electron chi connectivity index (χ3n) is 2.77. The van der Waals surface area contributed by atoms with Gasteiger partial charge in [-0.3, -0.25) is 0 Å². The molecule has 0 atom stereocenters. The van der Waals surface area contributed by atoms with E-state index in [0.29, 0.717) is 19.4 Å². The molecule has 0 saturated carbocycles. The van der Waals surface area contributed by atoms with Crippen LogP contribution in [0.5, 0.6) is 0 Å². The number of sulfonamides is 1. The van der Waals surface area contributed by atoms with E-state index in [4.69, 9.17) is 0 Å². The van der Waals surface area contributed by atoms with E-state index >= 15 is 0 Å². The van der Waals surface area contributed by atoms with E-state index in [1.165, 1.54) is 0 Å². The predicted molar refractivity (Wildman–Crippen MR) is 74.2 cm³/mol. The second-order valence-corrected chi connectivity index (χ2v) is 6.20. The molecule has 2 aromatic rings. The van der Waals surface area contributed by atoms with Gasteiger partial charge in [0.25, 0.3) is 0 Å². The summed E-state index contributed by atoms with van der Waals surface area (Å²) in [7, 11) is -3.22. The van der Waals surface area contributed by atoms with Crippen LogP contribution in [0.15, 0.2) is 42.9 Å². The summed E-state index contributed by atoms with van der Waals surface area (Å²) in [5.41, 5.74) is 1.95. The Balaban J connectivity index is 1.76. The molecule has 0 aliphatic rings. The van der Waals surface area contributed by atoms with Gasteiger partial charge in [-0.05, 0) is 12.0 Å². The third-order valence-corrected chi connectivity index (χ3v) is 4.16. The molecule has 0 unspecified atom stereocenters. The highest BCUT2D eigenvalue weighted by atomic mass is 32.2. The Kier molecular flexibility index (Phi) is 4.70. The van der Waals surface area contributed by atoms with E-state index in [1.54, 1.807) is 12.5 Å². The summed E-state index contributed by atoms with van der Waals surface area (Å²) in [6.45, 7) is 0.388. The number of H-pyrrole nitrogens is 1. The molecule has 0 aliphatic heterocycles. The van der Waals surface area contributed by atoms with Gasteiger partial charge >= 0.3 is 0 Å². The zero-order chi connectivity index (χ0) is 13.6. The number of hydrogen-bond acceptors (Lipinski definition) is 3. The maximum absolute atomic E-state index is 11.8. The van der Waals surface area contributed by atoms with Crippen LogP contribution in [0, 0.1) is 0 Å². The summed E-state index contributed by atoms with van der Waals surface area (Å²) >= 11 is 0. The van der Waals surface area contributed by atoms with E-state index in [9.17, 15) is 8.42 Å². The summed E-state index contributed by atoms with van der Waals surface area (Å²) in [5, 5.41) is 0. The van der Waals surface area contributed by atoms with E-state index in [2.05, 4.69) is 14.7 Å². The van der Waals surface area contributed by atoms with E-state index in [1.807, 2.05) is 30.3 Å². The Hall–Kier alpha value is -1.66. The molecular weight excluding hydrogens is 262 g/mol. The number of aromatic amines is 1. The van der Waals surface area contributed by atoms with Crippen LogP contribution < -0.4 is 4.72 Å². The molecule has 0 bridgehead atoms. The molecular formula is C13H17N3O2S. The van der Waals surface area contributed by atoms with Gasteiger partial charge in [-0.15, -0.1) is 0 Å². The van der Waals surface area contributed by atoms with Crippen molar-refractivity contribution in [3.63, 3.8) is 0 Å². The Morgan fingerprint density at radius 1 is 1.16 bits per heavy atom. The summed E-state index contributed by atoms with van der Waals surface area (Å²) in [6.07, 6.45) is 4.42. The number of imidazole rings is 1. The lowest BCUT2D eigenvalue weighted by atomic mass is 10.2. The fraction of sp³-hybridized carbons (Fsp3) is 0.308. The van der Waals surface area contributed by atoms with Crippen molar-refractivity contribution in [3.8, 4) is 0 Å². The molecule has 102 valence electrons. The molecule has 2 rings (SSSR count). The Morgan fingerprint density at radius 3 is 2.63 bits per heavy atom. The second kappa shape index (κ2) is 6.49. The van der Waals surface area contributed by atoms with Crippen molar-refractivity contribution in [1.29, 1.82) is 0 Å². The molecule has 1 heterocycles. The van der Waals surface area contributed by atoms with Gasteiger partial charge in [-0.2, -0.15) is 0 Å². The van der Waals surface area contributed by atoms with E-state index in [0.717, 1.165) is 11.3 Å². The van der Waals surface area contributed by atoms with Gasteiger partial charge < -0.3 is 4.98 Å². The maximum Gasteiger partial charge on any atom is 0.211 e. The van der Waals surface area contributed by atoms with Crippen LogP contribution in [0.2, 0.25) is 0 Å². The number of benzene rings is 1. The molecule has 0 fully saturated rings. The van der Waals surface area contributed by atoms with Crippen LogP contribution in [-0.4, -0.2) is 30.7 Å². The third kappa shape index (κ3) is 4.84. The van der Waals surface area contributed by atoms with Gasteiger partial charge in [0.15, 0.2) is 0 Å². The van der Waals surface area contributed by atoms with Gasteiger partial charge in [0.1, 0.15) is 0 Å². The first kappa shape index (κ1) is 13.8. The molecule has 0 aliphatic carbocycles. The Morgan fingerprint density at radius 2 is 1.95 bits per heavy atom. The van der Waals surface area contributed by atoms with Crippen LogP contribution in [0.25, 0.3) is 0 Å². The number of aromatic nitrogens is 2. The van der Waals surface area contributed by atoms with Crippen molar-refractivity contribution in [3.05, 3.63) is 54.1 Å². The normalized spacial score (nSPS) is 11.6. The fourth-order valence-corrected chi connectivity index (χ4v) is 2.79. The number of rotatable bonds is 7. The molecule has 0 spiro atoms. The summed E-state index contributed by atoms with van der Waals surface area (Å²) in [4.78, 5) is 6.82. The van der Waals surface area contributed by atoms with Gasteiger partial charge in [0.05, 0.1) is 12.1 Å². The first-order chi connectivity index (χ1) is 9.16. The van der Waals surface area contributed by atoms with Crippen LogP contribution in [0.3, 0.4) is 0 Å². The SMILES string of the molecule is O=S(=O)(CCc1ccccc1)NCCc1cnc[nH]1. The lowest BCUT2D eigenvalue weighted by Crippen LogP contribution is -2.29. The van der Waals surface area contributed by atoms with Gasteiger partial charge in [0, 0.05) is 24.9 Å². The van der Waals surface area contributed by atoms with Gasteiger partial charge in [-0.25, -0.2) is 18.1 Å². The zero-order valence-electron chi connectivity index (χ0n) is 10.5. The number of hydrogen-bond donors (Lipinski definition) is 2. The highest BCUT2D eigenvalue weighted by Crippen LogP contribution is 2.01. The van der Waals surface area contributed by atoms with Crippen molar-refractivity contribution in [2.45, 2.75) is 12.8 Å². The van der Waals surface area contributed by atoms with Crippen molar-refractivity contribution in [2.24, 2.45) is 0 Å². The zero-order valence-corrected chi connectivity index (χ0v) is 11.4. The molecule has 0 radical (unpaired) electrons. The first-order valence-corrected chi connectivity index (χ1v) is 7.79. The minimum absolute atomic E-state index is 0.111. The molecule has 1 aromatic heterocycles. The van der Waals surface area contributed by atoms with Crippen LogP contribution in [0.4, 0.5) is 0 Å².